The molecular formula is C14H19NO3. The molecule has 2 aliphatic rings. The Bertz CT molecular complexity index is 449. The highest BCUT2D eigenvalue weighted by atomic mass is 16.5. The van der Waals surface area contributed by atoms with Gasteiger partial charge < -0.3 is 20.3 Å². The lowest BCUT2D eigenvalue weighted by atomic mass is 9.94. The van der Waals surface area contributed by atoms with Gasteiger partial charge in [-0.15, -0.1) is 0 Å². The van der Waals surface area contributed by atoms with Gasteiger partial charge in [-0.05, 0) is 32.3 Å². The molecule has 2 saturated heterocycles. The van der Waals surface area contributed by atoms with Crippen molar-refractivity contribution in [3.05, 3.63) is 23.8 Å². The van der Waals surface area contributed by atoms with Gasteiger partial charge in [0.1, 0.15) is 11.5 Å². The number of hydrogen-bond acceptors (Lipinski definition) is 4. The average Bonchev–Trinajstić information content (AvgIpc) is 2.90. The van der Waals surface area contributed by atoms with Gasteiger partial charge in [0.25, 0.3) is 0 Å². The first kappa shape index (κ1) is 11.8. The van der Waals surface area contributed by atoms with Gasteiger partial charge in [0.2, 0.25) is 0 Å². The summed E-state index contributed by atoms with van der Waals surface area (Å²) in [5.74, 6) is 0.228. The fourth-order valence-electron chi connectivity index (χ4n) is 3.12. The van der Waals surface area contributed by atoms with Gasteiger partial charge in [-0.2, -0.15) is 0 Å². The van der Waals surface area contributed by atoms with Gasteiger partial charge in [0, 0.05) is 23.7 Å². The highest BCUT2D eigenvalue weighted by Crippen LogP contribution is 2.36. The van der Waals surface area contributed by atoms with Crippen LogP contribution in [0, 0.1) is 0 Å². The standard InChI is InChI=1S/C14H19NO3/c1-8(11-4-2-9(16)6-13(11)17)15-12-7-10-3-5-14(12)18-10/h2,4,6,8,10,12,14-17H,3,5,7H2,1H3. The molecular weight excluding hydrogens is 230 g/mol. The summed E-state index contributed by atoms with van der Waals surface area (Å²) in [6.07, 6.45) is 4.14. The first-order chi connectivity index (χ1) is 8.63. The maximum Gasteiger partial charge on any atom is 0.124 e. The molecule has 0 aliphatic carbocycles. The summed E-state index contributed by atoms with van der Waals surface area (Å²) in [6.45, 7) is 2.03. The average molecular weight is 249 g/mol. The van der Waals surface area contributed by atoms with E-state index in [0.717, 1.165) is 18.4 Å². The molecule has 0 radical (unpaired) electrons. The molecule has 4 unspecified atom stereocenters. The molecule has 3 rings (SSSR count). The zero-order valence-electron chi connectivity index (χ0n) is 10.5. The van der Waals surface area contributed by atoms with E-state index < -0.39 is 0 Å². The highest BCUT2D eigenvalue weighted by molar-refractivity contribution is 5.40. The molecule has 4 heteroatoms. The van der Waals surface area contributed by atoms with Crippen molar-refractivity contribution in [1.82, 2.24) is 5.32 Å². The zero-order chi connectivity index (χ0) is 12.7. The van der Waals surface area contributed by atoms with E-state index in [2.05, 4.69) is 5.32 Å². The number of phenols is 2. The maximum atomic E-state index is 9.84. The summed E-state index contributed by atoms with van der Waals surface area (Å²) in [4.78, 5) is 0. The summed E-state index contributed by atoms with van der Waals surface area (Å²) < 4.78 is 5.81. The minimum absolute atomic E-state index is 0.0542. The second-order valence-corrected chi connectivity index (χ2v) is 5.35. The van der Waals surface area contributed by atoms with E-state index in [-0.39, 0.29) is 17.5 Å². The fraction of sp³-hybridized carbons (Fsp3) is 0.571. The van der Waals surface area contributed by atoms with Crippen molar-refractivity contribution in [2.45, 2.75) is 50.5 Å². The number of benzene rings is 1. The van der Waals surface area contributed by atoms with Crippen LogP contribution < -0.4 is 5.32 Å². The van der Waals surface area contributed by atoms with Crippen LogP contribution in [-0.4, -0.2) is 28.5 Å². The first-order valence-corrected chi connectivity index (χ1v) is 6.57. The molecule has 4 nitrogen and oxygen atoms in total. The predicted octanol–water partition coefficient (Wildman–Crippen LogP) is 2.07. The number of aromatic hydroxyl groups is 2. The van der Waals surface area contributed by atoms with Crippen molar-refractivity contribution >= 4 is 0 Å². The molecule has 0 spiro atoms. The van der Waals surface area contributed by atoms with Gasteiger partial charge in [-0.1, -0.05) is 6.07 Å². The van der Waals surface area contributed by atoms with Gasteiger partial charge >= 0.3 is 0 Å². The molecule has 3 N–H and O–H groups in total. The smallest absolute Gasteiger partial charge is 0.124 e. The number of hydrogen-bond donors (Lipinski definition) is 3. The lowest BCUT2D eigenvalue weighted by Crippen LogP contribution is -2.38. The maximum absolute atomic E-state index is 9.84. The van der Waals surface area contributed by atoms with E-state index in [9.17, 15) is 10.2 Å². The van der Waals surface area contributed by atoms with Crippen molar-refractivity contribution in [2.75, 3.05) is 0 Å². The lowest BCUT2D eigenvalue weighted by Gasteiger charge is -2.25. The summed E-state index contributed by atoms with van der Waals surface area (Å²) in [5, 5.41) is 22.6. The summed E-state index contributed by atoms with van der Waals surface area (Å²) in [6, 6.07) is 5.18. The van der Waals surface area contributed by atoms with Gasteiger partial charge in [0.15, 0.2) is 0 Å². The van der Waals surface area contributed by atoms with Gasteiger partial charge in [-0.25, -0.2) is 0 Å². The predicted molar refractivity (Wildman–Crippen MR) is 67.6 cm³/mol. The number of ether oxygens (including phenoxy) is 1. The Hall–Kier alpha value is -1.26. The first-order valence-electron chi connectivity index (χ1n) is 6.57. The molecule has 2 fully saturated rings. The van der Waals surface area contributed by atoms with E-state index in [1.165, 1.54) is 12.5 Å². The zero-order valence-corrected chi connectivity index (χ0v) is 10.5. The van der Waals surface area contributed by atoms with Crippen LogP contribution in [0.25, 0.3) is 0 Å². The molecule has 0 aromatic heterocycles. The molecule has 2 heterocycles. The van der Waals surface area contributed by atoms with E-state index in [0.29, 0.717) is 18.2 Å². The quantitative estimate of drug-likeness (QED) is 0.767. The van der Waals surface area contributed by atoms with Crippen LogP contribution in [0.4, 0.5) is 0 Å². The number of rotatable bonds is 3. The Kier molecular flexibility index (Phi) is 2.92. The topological polar surface area (TPSA) is 61.7 Å². The van der Waals surface area contributed by atoms with Crippen molar-refractivity contribution in [2.24, 2.45) is 0 Å². The SMILES string of the molecule is CC(NC1CC2CCC1O2)c1ccc(O)cc1O. The van der Waals surface area contributed by atoms with Crippen LogP contribution in [0.2, 0.25) is 0 Å². The van der Waals surface area contributed by atoms with Crippen LogP contribution in [-0.2, 0) is 4.74 Å². The Labute approximate surface area is 107 Å². The van der Waals surface area contributed by atoms with E-state index >= 15 is 0 Å². The summed E-state index contributed by atoms with van der Waals surface area (Å²) in [7, 11) is 0. The van der Waals surface area contributed by atoms with Crippen LogP contribution in [0.15, 0.2) is 18.2 Å². The van der Waals surface area contributed by atoms with Gasteiger partial charge in [-0.3, -0.25) is 0 Å². The van der Waals surface area contributed by atoms with E-state index in [4.69, 9.17) is 4.74 Å². The van der Waals surface area contributed by atoms with E-state index in [1.54, 1.807) is 12.1 Å². The van der Waals surface area contributed by atoms with Crippen molar-refractivity contribution in [1.29, 1.82) is 0 Å². The monoisotopic (exact) mass is 249 g/mol. The van der Waals surface area contributed by atoms with Crippen LogP contribution >= 0.6 is 0 Å². The number of fused-ring (bicyclic) bond motifs is 2. The summed E-state index contributed by atoms with van der Waals surface area (Å²) >= 11 is 0. The van der Waals surface area contributed by atoms with Crippen LogP contribution in [0.5, 0.6) is 11.5 Å². The molecule has 98 valence electrons. The van der Waals surface area contributed by atoms with Crippen LogP contribution in [0.1, 0.15) is 37.8 Å². The number of phenolic OH excluding ortho intramolecular Hbond substituents is 2. The highest BCUT2D eigenvalue weighted by Gasteiger charge is 2.41. The fourth-order valence-corrected chi connectivity index (χ4v) is 3.12. The Morgan fingerprint density at radius 2 is 2.17 bits per heavy atom. The third-order valence-electron chi connectivity index (χ3n) is 4.05. The van der Waals surface area contributed by atoms with E-state index in [1.807, 2.05) is 6.92 Å². The molecule has 0 saturated carbocycles. The molecule has 4 atom stereocenters. The normalized spacial score (nSPS) is 31.7. The molecule has 2 aliphatic heterocycles. The molecule has 2 bridgehead atoms. The molecule has 1 aromatic rings. The Morgan fingerprint density at radius 1 is 1.33 bits per heavy atom. The molecule has 0 amide bonds. The lowest BCUT2D eigenvalue weighted by molar-refractivity contribution is 0.0962. The second kappa shape index (κ2) is 4.44. The largest absolute Gasteiger partial charge is 0.508 e. The third-order valence-corrected chi connectivity index (χ3v) is 4.05. The third kappa shape index (κ3) is 2.06. The van der Waals surface area contributed by atoms with Gasteiger partial charge in [0.05, 0.1) is 12.2 Å². The van der Waals surface area contributed by atoms with Crippen LogP contribution in [0.3, 0.4) is 0 Å². The second-order valence-electron chi connectivity index (χ2n) is 5.35. The molecule has 1 aromatic carbocycles. The van der Waals surface area contributed by atoms with Crippen molar-refractivity contribution < 1.29 is 14.9 Å². The summed E-state index contributed by atoms with van der Waals surface area (Å²) in [5.41, 5.74) is 0.815. The molecule has 18 heavy (non-hydrogen) atoms. The minimum atomic E-state index is 0.0542. The minimum Gasteiger partial charge on any atom is -0.508 e. The number of nitrogens with one attached hydrogen (secondary N) is 1. The Balaban J connectivity index is 1.69. The van der Waals surface area contributed by atoms with Crippen molar-refractivity contribution in [3.8, 4) is 11.5 Å². The van der Waals surface area contributed by atoms with Crippen molar-refractivity contribution in [3.63, 3.8) is 0 Å². The Morgan fingerprint density at radius 3 is 2.78 bits per heavy atom.